The lowest BCUT2D eigenvalue weighted by molar-refractivity contribution is -0.123. The van der Waals surface area contributed by atoms with E-state index in [4.69, 9.17) is 14.5 Å². The van der Waals surface area contributed by atoms with Crippen LogP contribution in [0.3, 0.4) is 0 Å². The third-order valence-corrected chi connectivity index (χ3v) is 5.97. The minimum absolute atomic E-state index is 0.416. The fourth-order valence-electron chi connectivity index (χ4n) is 4.34. The van der Waals surface area contributed by atoms with Crippen LogP contribution in [0.5, 0.6) is 5.75 Å². The van der Waals surface area contributed by atoms with Gasteiger partial charge in [0.25, 0.3) is 5.91 Å². The van der Waals surface area contributed by atoms with Crippen LogP contribution in [0.25, 0.3) is 10.9 Å². The minimum atomic E-state index is -0.986. The molecule has 7 nitrogen and oxygen atoms in total. The summed E-state index contributed by atoms with van der Waals surface area (Å²) in [6.07, 6.45) is 0.835. The minimum Gasteiger partial charge on any atom is -0.492 e. The summed E-state index contributed by atoms with van der Waals surface area (Å²) in [5.41, 5.74) is 3.65. The van der Waals surface area contributed by atoms with Crippen molar-refractivity contribution in [2.75, 3.05) is 25.0 Å². The Hall–Kier alpha value is -3.45. The van der Waals surface area contributed by atoms with Crippen LogP contribution < -0.4 is 10.1 Å². The number of aromatic nitrogens is 1. The van der Waals surface area contributed by atoms with Crippen LogP contribution in [0.2, 0.25) is 0 Å². The number of ether oxygens (including phenoxy) is 2. The summed E-state index contributed by atoms with van der Waals surface area (Å²) < 4.78 is 11.3. The molecule has 1 N–H and O–H groups in total. The van der Waals surface area contributed by atoms with Crippen LogP contribution in [0.4, 0.5) is 5.69 Å². The Morgan fingerprint density at radius 2 is 1.88 bits per heavy atom. The predicted octanol–water partition coefficient (Wildman–Crippen LogP) is 4.59. The van der Waals surface area contributed by atoms with E-state index in [1.54, 1.807) is 19.1 Å². The van der Waals surface area contributed by atoms with E-state index >= 15 is 0 Å². The first-order chi connectivity index (χ1) is 16.5. The number of hydrogen-bond acceptors (Lipinski definition) is 6. The number of nitrogens with one attached hydrogen (secondary N) is 1. The maximum atomic E-state index is 13.5. The van der Waals surface area contributed by atoms with Crippen LogP contribution >= 0.6 is 0 Å². The molecule has 1 aliphatic rings. The maximum absolute atomic E-state index is 13.5. The van der Waals surface area contributed by atoms with Gasteiger partial charge in [0.15, 0.2) is 6.10 Å². The molecule has 34 heavy (non-hydrogen) atoms. The standard InChI is InChI=1S/C27H31N3O4/c1-4-15-30-16-14-22-20(17-30)25(19-10-6-7-11-21(19)28-22)27(32)34-18(3)26(31)29-23-12-8-9-13-24(23)33-5-2/h6-13,18H,4-5,14-17H2,1-3H3,(H,29,31). The van der Waals surface area contributed by atoms with E-state index in [2.05, 4.69) is 17.1 Å². The highest BCUT2D eigenvalue weighted by Crippen LogP contribution is 2.29. The summed E-state index contributed by atoms with van der Waals surface area (Å²) in [4.78, 5) is 33.5. The highest BCUT2D eigenvalue weighted by atomic mass is 16.5. The number of rotatable bonds is 8. The zero-order valence-electron chi connectivity index (χ0n) is 20.0. The van der Waals surface area contributed by atoms with Gasteiger partial charge in [0, 0.05) is 36.2 Å². The van der Waals surface area contributed by atoms with Crippen molar-refractivity contribution in [3.8, 4) is 5.75 Å². The van der Waals surface area contributed by atoms with Gasteiger partial charge in [-0.1, -0.05) is 37.3 Å². The number of para-hydroxylation sites is 3. The van der Waals surface area contributed by atoms with Crippen molar-refractivity contribution < 1.29 is 19.1 Å². The summed E-state index contributed by atoms with van der Waals surface area (Å²) in [6, 6.07) is 14.8. The second-order valence-electron chi connectivity index (χ2n) is 8.42. The van der Waals surface area contributed by atoms with Crippen molar-refractivity contribution >= 4 is 28.5 Å². The molecule has 1 unspecified atom stereocenters. The van der Waals surface area contributed by atoms with Gasteiger partial charge in [0.05, 0.1) is 23.4 Å². The lowest BCUT2D eigenvalue weighted by atomic mass is 9.95. The predicted molar refractivity (Wildman–Crippen MR) is 132 cm³/mol. The molecule has 7 heteroatoms. The van der Waals surface area contributed by atoms with E-state index in [-0.39, 0.29) is 0 Å². The summed E-state index contributed by atoms with van der Waals surface area (Å²) in [7, 11) is 0. The summed E-state index contributed by atoms with van der Waals surface area (Å²) in [6.45, 7) is 8.60. The topological polar surface area (TPSA) is 80.8 Å². The van der Waals surface area contributed by atoms with Crippen LogP contribution in [0.1, 0.15) is 48.8 Å². The van der Waals surface area contributed by atoms with Crippen molar-refractivity contribution in [1.82, 2.24) is 9.88 Å². The molecule has 2 aromatic carbocycles. The molecule has 0 spiro atoms. The summed E-state index contributed by atoms with van der Waals surface area (Å²) in [5, 5.41) is 3.56. The summed E-state index contributed by atoms with van der Waals surface area (Å²) >= 11 is 0. The molecule has 0 bridgehead atoms. The van der Waals surface area contributed by atoms with Crippen LogP contribution in [-0.4, -0.2) is 47.6 Å². The van der Waals surface area contributed by atoms with E-state index in [1.165, 1.54) is 0 Å². The second kappa shape index (κ2) is 10.7. The van der Waals surface area contributed by atoms with Crippen molar-refractivity contribution in [2.45, 2.75) is 46.3 Å². The molecule has 0 fully saturated rings. The molecular formula is C27H31N3O4. The first kappa shape index (κ1) is 23.7. The Morgan fingerprint density at radius 3 is 2.68 bits per heavy atom. The van der Waals surface area contributed by atoms with Crippen molar-refractivity contribution in [3.05, 3.63) is 65.4 Å². The molecular weight excluding hydrogens is 430 g/mol. The Labute approximate surface area is 200 Å². The largest absolute Gasteiger partial charge is 0.492 e. The van der Waals surface area contributed by atoms with Crippen molar-refractivity contribution in [1.29, 1.82) is 0 Å². The molecule has 1 aromatic heterocycles. The molecule has 2 heterocycles. The number of amides is 1. The SMILES string of the molecule is CCCN1CCc2nc3ccccc3c(C(=O)OC(C)C(=O)Nc3ccccc3OCC)c2C1. The third-order valence-electron chi connectivity index (χ3n) is 5.97. The molecule has 0 aliphatic carbocycles. The number of benzene rings is 2. The molecule has 1 atom stereocenters. The van der Waals surface area contributed by atoms with Gasteiger partial charge in [-0.05, 0) is 45.0 Å². The van der Waals surface area contributed by atoms with E-state index in [9.17, 15) is 9.59 Å². The first-order valence-corrected chi connectivity index (χ1v) is 11.9. The monoisotopic (exact) mass is 461 g/mol. The van der Waals surface area contributed by atoms with Crippen LogP contribution in [0, 0.1) is 0 Å². The Bertz CT molecular complexity index is 1190. The second-order valence-corrected chi connectivity index (χ2v) is 8.42. The molecule has 4 rings (SSSR count). The van der Waals surface area contributed by atoms with E-state index in [0.29, 0.717) is 30.2 Å². The maximum Gasteiger partial charge on any atom is 0.339 e. The quantitative estimate of drug-likeness (QED) is 0.495. The molecule has 0 radical (unpaired) electrons. The number of anilines is 1. The Balaban J connectivity index is 1.59. The third kappa shape index (κ3) is 5.04. The van der Waals surface area contributed by atoms with Crippen LogP contribution in [0.15, 0.2) is 48.5 Å². The highest BCUT2D eigenvalue weighted by Gasteiger charge is 2.28. The smallest absolute Gasteiger partial charge is 0.339 e. The van der Waals surface area contributed by atoms with E-state index < -0.39 is 18.0 Å². The molecule has 178 valence electrons. The highest BCUT2D eigenvalue weighted by molar-refractivity contribution is 6.06. The van der Waals surface area contributed by atoms with Crippen LogP contribution in [-0.2, 0) is 22.5 Å². The zero-order chi connectivity index (χ0) is 24.1. The number of pyridine rings is 1. The molecule has 3 aromatic rings. The average molecular weight is 462 g/mol. The Morgan fingerprint density at radius 1 is 1.12 bits per heavy atom. The van der Waals surface area contributed by atoms with Gasteiger partial charge >= 0.3 is 5.97 Å². The molecule has 1 aliphatic heterocycles. The number of carbonyl (C=O) groups is 2. The van der Waals surface area contributed by atoms with Crippen molar-refractivity contribution in [2.24, 2.45) is 0 Å². The lowest BCUT2D eigenvalue weighted by Crippen LogP contribution is -2.34. The lowest BCUT2D eigenvalue weighted by Gasteiger charge is -2.29. The molecule has 0 saturated heterocycles. The normalized spacial score (nSPS) is 14.3. The average Bonchev–Trinajstić information content (AvgIpc) is 2.84. The van der Waals surface area contributed by atoms with Gasteiger partial charge in [-0.2, -0.15) is 0 Å². The number of carbonyl (C=O) groups excluding carboxylic acids is 2. The van der Waals surface area contributed by atoms with E-state index in [1.807, 2.05) is 43.3 Å². The molecule has 1 amide bonds. The van der Waals surface area contributed by atoms with Gasteiger partial charge in [-0.3, -0.25) is 14.7 Å². The fourth-order valence-corrected chi connectivity index (χ4v) is 4.34. The number of hydrogen-bond donors (Lipinski definition) is 1. The number of fused-ring (bicyclic) bond motifs is 2. The Kier molecular flexibility index (Phi) is 7.43. The van der Waals surface area contributed by atoms with Gasteiger partial charge in [-0.15, -0.1) is 0 Å². The summed E-state index contributed by atoms with van der Waals surface area (Å²) in [5.74, 6) is -0.351. The van der Waals surface area contributed by atoms with Gasteiger partial charge in [-0.25, -0.2) is 4.79 Å². The molecule has 0 saturated carbocycles. The van der Waals surface area contributed by atoms with Gasteiger partial charge in [0.2, 0.25) is 0 Å². The fraction of sp³-hybridized carbons (Fsp3) is 0.370. The van der Waals surface area contributed by atoms with Gasteiger partial charge in [0.1, 0.15) is 5.75 Å². The van der Waals surface area contributed by atoms with Crippen molar-refractivity contribution in [3.63, 3.8) is 0 Å². The zero-order valence-corrected chi connectivity index (χ0v) is 20.0. The van der Waals surface area contributed by atoms with E-state index in [0.717, 1.165) is 48.1 Å². The van der Waals surface area contributed by atoms with Gasteiger partial charge < -0.3 is 14.8 Å². The number of nitrogens with zero attached hydrogens (tertiary/aromatic N) is 2. The number of esters is 1. The first-order valence-electron chi connectivity index (χ1n) is 11.9.